The lowest BCUT2D eigenvalue weighted by Gasteiger charge is -2.42. The van der Waals surface area contributed by atoms with Gasteiger partial charge in [0, 0.05) is 12.1 Å². The second-order valence-electron chi connectivity index (χ2n) is 10.0. The molecule has 0 aliphatic carbocycles. The summed E-state index contributed by atoms with van der Waals surface area (Å²) in [7, 11) is 0. The van der Waals surface area contributed by atoms with Crippen LogP contribution in [0.2, 0.25) is 0 Å². The van der Waals surface area contributed by atoms with Gasteiger partial charge in [-0.05, 0) is 24.3 Å². The molecule has 2 aliphatic rings. The molecule has 3 heterocycles. The average Bonchev–Trinajstić information content (AvgIpc) is 2.97. The Balaban J connectivity index is 1.41. The second-order valence-corrected chi connectivity index (χ2v) is 10.0. The zero-order valence-corrected chi connectivity index (χ0v) is 21.7. The fourth-order valence-electron chi connectivity index (χ4n) is 4.76. The van der Waals surface area contributed by atoms with E-state index < -0.39 is 74.6 Å². The van der Waals surface area contributed by atoms with Crippen LogP contribution in [0.5, 0.6) is 23.0 Å². The Hall–Kier alpha value is -3.35. The lowest BCUT2D eigenvalue weighted by atomic mass is 9.98. The van der Waals surface area contributed by atoms with Gasteiger partial charge in [0.15, 0.2) is 6.29 Å². The van der Waals surface area contributed by atoms with Gasteiger partial charge in [0.2, 0.25) is 12.0 Å². The van der Waals surface area contributed by atoms with Crippen LogP contribution >= 0.6 is 0 Å². The Morgan fingerprint density at radius 3 is 1.98 bits per heavy atom. The summed E-state index contributed by atoms with van der Waals surface area (Å²) in [4.78, 5) is 0. The number of aliphatic hydroxyl groups is 7. The molecule has 2 aromatic carbocycles. The number of rotatable bonds is 7. The van der Waals surface area contributed by atoms with Gasteiger partial charge in [-0.25, -0.2) is 4.42 Å². The van der Waals surface area contributed by atoms with E-state index in [0.717, 1.165) is 6.07 Å². The Labute approximate surface area is 237 Å². The van der Waals surface area contributed by atoms with Crippen molar-refractivity contribution in [1.29, 1.82) is 0 Å². The fourth-order valence-corrected chi connectivity index (χ4v) is 4.76. The summed E-state index contributed by atoms with van der Waals surface area (Å²) in [5.41, 5.74) is 0.440. The van der Waals surface area contributed by atoms with Crippen LogP contribution in [0.4, 0.5) is 0 Å². The molecule has 0 amide bonds. The van der Waals surface area contributed by atoms with Gasteiger partial charge in [-0.2, -0.15) is 0 Å². The summed E-state index contributed by atoms with van der Waals surface area (Å²) in [5.74, 6) is -0.752. The van der Waals surface area contributed by atoms with Crippen molar-refractivity contribution in [2.24, 2.45) is 0 Å². The number of aromatic hydroxyl groups is 3. The van der Waals surface area contributed by atoms with E-state index in [1.807, 2.05) is 0 Å². The number of benzene rings is 2. The van der Waals surface area contributed by atoms with Crippen LogP contribution in [-0.4, -0.2) is 126 Å². The van der Waals surface area contributed by atoms with Gasteiger partial charge in [0.1, 0.15) is 71.5 Å². The highest BCUT2D eigenvalue weighted by Gasteiger charge is 2.48. The van der Waals surface area contributed by atoms with Gasteiger partial charge in [-0.3, -0.25) is 0 Å². The van der Waals surface area contributed by atoms with Crippen molar-refractivity contribution in [3.63, 3.8) is 0 Å². The minimum atomic E-state index is -1.81. The Morgan fingerprint density at radius 2 is 1.31 bits per heavy atom. The van der Waals surface area contributed by atoms with Crippen LogP contribution < -0.4 is 4.74 Å². The third kappa shape index (κ3) is 5.80. The minimum Gasteiger partial charge on any atom is -0.508 e. The first-order valence-corrected chi connectivity index (χ1v) is 12.9. The molecule has 2 fully saturated rings. The molecule has 0 bridgehead atoms. The predicted octanol–water partition coefficient (Wildman–Crippen LogP) is -1.50. The van der Waals surface area contributed by atoms with E-state index in [1.165, 1.54) is 36.4 Å². The maximum absolute atomic E-state index is 10.7. The Morgan fingerprint density at radius 1 is 0.690 bits per heavy atom. The van der Waals surface area contributed by atoms with Gasteiger partial charge in [0.05, 0.1) is 24.8 Å². The van der Waals surface area contributed by atoms with Crippen LogP contribution in [0.1, 0.15) is 0 Å². The summed E-state index contributed by atoms with van der Waals surface area (Å²) in [5, 5.41) is 101. The van der Waals surface area contributed by atoms with Gasteiger partial charge in [-0.1, -0.05) is 0 Å². The predicted molar refractivity (Wildman–Crippen MR) is 138 cm³/mol. The van der Waals surface area contributed by atoms with Crippen molar-refractivity contribution in [2.45, 2.75) is 61.4 Å². The zero-order valence-electron chi connectivity index (χ0n) is 21.7. The third-order valence-corrected chi connectivity index (χ3v) is 7.13. The molecule has 15 heteroatoms. The molecule has 2 saturated heterocycles. The summed E-state index contributed by atoms with van der Waals surface area (Å²) < 4.78 is 28.2. The van der Waals surface area contributed by atoms with Crippen LogP contribution in [0.15, 0.2) is 46.9 Å². The molecule has 3 aromatic rings. The summed E-state index contributed by atoms with van der Waals surface area (Å²) >= 11 is 0. The number of hydrogen-bond donors (Lipinski definition) is 10. The van der Waals surface area contributed by atoms with Crippen molar-refractivity contribution >= 4 is 11.0 Å². The van der Waals surface area contributed by atoms with Gasteiger partial charge in [-0.15, -0.1) is 0 Å². The molecule has 0 saturated carbocycles. The first-order valence-electron chi connectivity index (χ1n) is 12.9. The standard InChI is InChI=1S/C27H30O15/c28-8-17-19(32)21(34)23(36)26(41-17)38-9-18-20(33)22(35)24(37)27(42-18)40-16-7-13-14(31)5-12(30)6-15(13)39-25(16)10-1-3-11(29)4-2-10/h1-7,17-24,26-28,32-37H,8-9H2,(H2-,29,30,31)/p+1/t17?,18?,19-,20-,21?,22?,23?,24?,26-,27-/m1/s1. The highest BCUT2D eigenvalue weighted by molar-refractivity contribution is 5.88. The van der Waals surface area contributed by atoms with E-state index in [-0.39, 0.29) is 39.7 Å². The van der Waals surface area contributed by atoms with E-state index in [4.69, 9.17) is 23.4 Å². The highest BCUT2D eigenvalue weighted by atomic mass is 16.7. The first-order chi connectivity index (χ1) is 20.0. The minimum absolute atomic E-state index is 0.0260. The van der Waals surface area contributed by atoms with Crippen LogP contribution in [0.3, 0.4) is 0 Å². The van der Waals surface area contributed by atoms with Crippen LogP contribution in [0, 0.1) is 0 Å². The molecule has 0 spiro atoms. The average molecular weight is 596 g/mol. The molecule has 1 aromatic heterocycles. The first kappa shape index (κ1) is 30.1. The molecule has 42 heavy (non-hydrogen) atoms. The number of aliphatic hydroxyl groups excluding tert-OH is 7. The second kappa shape index (κ2) is 12.1. The number of phenolic OH excluding ortho intramolecular Hbond substituents is 3. The van der Waals surface area contributed by atoms with E-state index in [0.29, 0.717) is 5.56 Å². The summed E-state index contributed by atoms with van der Waals surface area (Å²) in [6, 6.07) is 9.38. The number of hydrogen-bond acceptors (Lipinski definition) is 14. The molecule has 5 rings (SSSR count). The van der Waals surface area contributed by atoms with Crippen molar-refractivity contribution in [1.82, 2.24) is 0 Å². The Kier molecular flexibility index (Phi) is 8.68. The molecule has 2 aliphatic heterocycles. The van der Waals surface area contributed by atoms with Crippen molar-refractivity contribution in [2.75, 3.05) is 13.2 Å². The quantitative estimate of drug-likeness (QED) is 0.140. The zero-order chi connectivity index (χ0) is 30.3. The van der Waals surface area contributed by atoms with E-state index in [9.17, 15) is 51.1 Å². The largest absolute Gasteiger partial charge is 0.508 e. The lowest BCUT2D eigenvalue weighted by molar-refractivity contribution is -0.323. The van der Waals surface area contributed by atoms with Gasteiger partial charge < -0.3 is 70.0 Å². The number of phenols is 3. The van der Waals surface area contributed by atoms with E-state index in [2.05, 4.69) is 0 Å². The lowest BCUT2D eigenvalue weighted by Crippen LogP contribution is -2.62. The van der Waals surface area contributed by atoms with Crippen molar-refractivity contribution < 1.29 is 74.4 Å². The molecule has 0 radical (unpaired) electrons. The molecular weight excluding hydrogens is 564 g/mol. The maximum Gasteiger partial charge on any atom is 0.402 e. The fraction of sp³-hybridized carbons (Fsp3) is 0.444. The van der Waals surface area contributed by atoms with Gasteiger partial charge >= 0.3 is 11.3 Å². The van der Waals surface area contributed by atoms with E-state index >= 15 is 0 Å². The molecule has 10 N–H and O–H groups in total. The van der Waals surface area contributed by atoms with Crippen molar-refractivity contribution in [3.8, 4) is 34.3 Å². The van der Waals surface area contributed by atoms with Crippen LogP contribution in [0.25, 0.3) is 22.3 Å². The van der Waals surface area contributed by atoms with E-state index in [1.54, 1.807) is 0 Å². The van der Waals surface area contributed by atoms with Crippen LogP contribution in [-0.2, 0) is 14.2 Å². The van der Waals surface area contributed by atoms with Gasteiger partial charge in [0.25, 0.3) is 0 Å². The topological polar surface area (TPSA) is 251 Å². The molecule has 10 atom stereocenters. The molecule has 6 unspecified atom stereocenters. The summed E-state index contributed by atoms with van der Waals surface area (Å²) in [6.45, 7) is -1.26. The molecular formula is C27H31O15+. The highest BCUT2D eigenvalue weighted by Crippen LogP contribution is 2.40. The summed E-state index contributed by atoms with van der Waals surface area (Å²) in [6.07, 6.45) is -16.2. The SMILES string of the molecule is OCC1O[C@@H](OCC2O[C@@H](Oc3cc4c(O)cc(O)cc4[o+]c3-c3ccc(O)cc3)C(O)C(O)[C@@H]2O)C(O)C(O)[C@@H]1O. The molecule has 15 nitrogen and oxygen atoms in total. The molecule has 228 valence electrons. The monoisotopic (exact) mass is 595 g/mol. The number of fused-ring (bicyclic) bond motifs is 1. The third-order valence-electron chi connectivity index (χ3n) is 7.13. The van der Waals surface area contributed by atoms with Crippen molar-refractivity contribution in [3.05, 3.63) is 42.5 Å². The smallest absolute Gasteiger partial charge is 0.402 e. The Bertz CT molecular complexity index is 1380. The normalized spacial score (nSPS) is 33.5. The maximum atomic E-state index is 10.7. The number of ether oxygens (including phenoxy) is 4.